The van der Waals surface area contributed by atoms with Crippen LogP contribution < -0.4 is 5.32 Å². The highest BCUT2D eigenvalue weighted by Crippen LogP contribution is 2.20. The summed E-state index contributed by atoms with van der Waals surface area (Å²) in [6, 6.07) is 7.22. The molecule has 0 saturated carbocycles. The summed E-state index contributed by atoms with van der Waals surface area (Å²) in [5.41, 5.74) is 1.22. The Hall–Kier alpha value is -1.99. The van der Waals surface area contributed by atoms with E-state index in [1.165, 1.54) is 0 Å². The zero-order valence-corrected chi connectivity index (χ0v) is 10.7. The lowest BCUT2D eigenvalue weighted by Gasteiger charge is -2.06. The summed E-state index contributed by atoms with van der Waals surface area (Å²) in [4.78, 5) is 4.14. The monoisotopic (exact) mass is 261 g/mol. The van der Waals surface area contributed by atoms with Gasteiger partial charge in [-0.2, -0.15) is 5.26 Å². The first-order valence-corrected chi connectivity index (χ1v) is 5.98. The molecule has 0 radical (unpaired) electrons. The summed E-state index contributed by atoms with van der Waals surface area (Å²) in [7, 11) is 0. The van der Waals surface area contributed by atoms with E-state index in [0.717, 1.165) is 17.9 Å². The van der Waals surface area contributed by atoms with Crippen molar-refractivity contribution < 1.29 is 4.42 Å². The van der Waals surface area contributed by atoms with Gasteiger partial charge in [0.15, 0.2) is 0 Å². The molecule has 0 bridgehead atoms. The molecule has 1 N–H and O–H groups in total. The quantitative estimate of drug-likeness (QED) is 0.917. The van der Waals surface area contributed by atoms with Crippen molar-refractivity contribution in [3.05, 3.63) is 46.6 Å². The fraction of sp³-hybridized carbons (Fsp3) is 0.231. The number of halogens is 1. The first kappa shape index (κ1) is 12.5. The Balaban J connectivity index is 2.08. The van der Waals surface area contributed by atoms with E-state index in [0.29, 0.717) is 23.0 Å². The molecule has 0 unspecified atom stereocenters. The fourth-order valence-electron chi connectivity index (χ4n) is 1.53. The predicted octanol–water partition coefficient (Wildman–Crippen LogP) is 3.37. The number of hydrogen-bond donors (Lipinski definition) is 1. The lowest BCUT2D eigenvalue weighted by Crippen LogP contribution is -2.01. The van der Waals surface area contributed by atoms with Crippen LogP contribution in [0.5, 0.6) is 0 Å². The van der Waals surface area contributed by atoms with E-state index in [1.54, 1.807) is 24.4 Å². The number of hydrogen-bond acceptors (Lipinski definition) is 4. The Morgan fingerprint density at radius 1 is 1.50 bits per heavy atom. The van der Waals surface area contributed by atoms with Crippen molar-refractivity contribution >= 4 is 17.3 Å². The molecule has 0 spiro atoms. The molecule has 0 aliphatic heterocycles. The van der Waals surface area contributed by atoms with Crippen LogP contribution in [-0.2, 0) is 13.0 Å². The van der Waals surface area contributed by atoms with Crippen LogP contribution >= 0.6 is 11.6 Å². The molecule has 0 saturated heterocycles. The molecule has 0 atom stereocenters. The zero-order valence-electron chi connectivity index (χ0n) is 9.90. The Morgan fingerprint density at radius 3 is 3.00 bits per heavy atom. The van der Waals surface area contributed by atoms with Crippen molar-refractivity contribution in [1.29, 1.82) is 5.26 Å². The molecule has 0 amide bonds. The Morgan fingerprint density at radius 2 is 2.33 bits per heavy atom. The lowest BCUT2D eigenvalue weighted by molar-refractivity contribution is 0.466. The van der Waals surface area contributed by atoms with Gasteiger partial charge in [-0.3, -0.25) is 0 Å². The van der Waals surface area contributed by atoms with Gasteiger partial charge in [-0.25, -0.2) is 4.98 Å². The average Bonchev–Trinajstić information content (AvgIpc) is 2.85. The minimum absolute atomic E-state index is 0.441. The molecule has 4 nitrogen and oxygen atoms in total. The third-order valence-electron chi connectivity index (χ3n) is 2.48. The van der Waals surface area contributed by atoms with Gasteiger partial charge in [0.05, 0.1) is 24.0 Å². The van der Waals surface area contributed by atoms with Crippen LogP contribution in [0.25, 0.3) is 0 Å². The number of rotatable bonds is 4. The number of benzene rings is 1. The largest absolute Gasteiger partial charge is 0.444 e. The van der Waals surface area contributed by atoms with Crippen molar-refractivity contribution in [3.63, 3.8) is 0 Å². The number of anilines is 1. The fourth-order valence-corrected chi connectivity index (χ4v) is 1.70. The van der Waals surface area contributed by atoms with Gasteiger partial charge in [0, 0.05) is 11.4 Å². The van der Waals surface area contributed by atoms with Crippen molar-refractivity contribution in [2.75, 3.05) is 5.32 Å². The maximum Gasteiger partial charge on any atom is 0.213 e. The van der Waals surface area contributed by atoms with Crippen molar-refractivity contribution in [2.24, 2.45) is 0 Å². The van der Waals surface area contributed by atoms with E-state index in [-0.39, 0.29) is 0 Å². The van der Waals surface area contributed by atoms with Crippen LogP contribution in [0.15, 0.2) is 28.8 Å². The number of nitriles is 1. The van der Waals surface area contributed by atoms with E-state index in [9.17, 15) is 0 Å². The van der Waals surface area contributed by atoms with Gasteiger partial charge in [-0.05, 0) is 18.2 Å². The smallest absolute Gasteiger partial charge is 0.213 e. The van der Waals surface area contributed by atoms with E-state index >= 15 is 0 Å². The standard InChI is InChI=1S/C13H12ClN3O/c1-2-11-7-17-13(18-11)8-16-12-4-3-10(14)5-9(12)6-15/h3-5,7,16H,2,8H2,1H3. The maximum absolute atomic E-state index is 8.99. The predicted molar refractivity (Wildman–Crippen MR) is 69.4 cm³/mol. The van der Waals surface area contributed by atoms with Gasteiger partial charge in [0.1, 0.15) is 11.8 Å². The number of nitrogens with one attached hydrogen (secondary N) is 1. The first-order chi connectivity index (χ1) is 8.72. The average molecular weight is 262 g/mol. The van der Waals surface area contributed by atoms with E-state index < -0.39 is 0 Å². The second-order valence-corrected chi connectivity index (χ2v) is 4.17. The highest BCUT2D eigenvalue weighted by molar-refractivity contribution is 6.30. The maximum atomic E-state index is 8.99. The molecule has 1 heterocycles. The Labute approximate surface area is 110 Å². The van der Waals surface area contributed by atoms with Crippen LogP contribution in [0, 0.1) is 11.3 Å². The van der Waals surface area contributed by atoms with Crippen molar-refractivity contribution in [1.82, 2.24) is 4.98 Å². The van der Waals surface area contributed by atoms with Crippen LogP contribution in [0.4, 0.5) is 5.69 Å². The van der Waals surface area contributed by atoms with Gasteiger partial charge >= 0.3 is 0 Å². The van der Waals surface area contributed by atoms with Gasteiger partial charge in [0.25, 0.3) is 0 Å². The van der Waals surface area contributed by atoms with E-state index in [2.05, 4.69) is 16.4 Å². The van der Waals surface area contributed by atoms with Gasteiger partial charge in [-0.1, -0.05) is 18.5 Å². The molecule has 18 heavy (non-hydrogen) atoms. The number of aryl methyl sites for hydroxylation is 1. The molecule has 0 aliphatic carbocycles. The van der Waals surface area contributed by atoms with Crippen LogP contribution in [-0.4, -0.2) is 4.98 Å². The normalized spacial score (nSPS) is 10.1. The molecule has 0 fully saturated rings. The molecular weight excluding hydrogens is 250 g/mol. The minimum Gasteiger partial charge on any atom is -0.444 e. The summed E-state index contributed by atoms with van der Waals surface area (Å²) < 4.78 is 5.47. The second-order valence-electron chi connectivity index (χ2n) is 3.73. The van der Waals surface area contributed by atoms with Gasteiger partial charge in [-0.15, -0.1) is 0 Å². The summed E-state index contributed by atoms with van der Waals surface area (Å²) in [5.74, 6) is 1.45. The van der Waals surface area contributed by atoms with Gasteiger partial charge in [0.2, 0.25) is 5.89 Å². The molecule has 5 heteroatoms. The lowest BCUT2D eigenvalue weighted by atomic mass is 10.2. The summed E-state index contributed by atoms with van der Waals surface area (Å²) >= 11 is 5.83. The molecule has 1 aromatic heterocycles. The van der Waals surface area contributed by atoms with Crippen molar-refractivity contribution in [3.8, 4) is 6.07 Å². The minimum atomic E-state index is 0.441. The van der Waals surface area contributed by atoms with Crippen LogP contribution in [0.1, 0.15) is 24.1 Å². The summed E-state index contributed by atoms with van der Waals surface area (Å²) in [6.45, 7) is 2.45. The third-order valence-corrected chi connectivity index (χ3v) is 2.72. The molecule has 2 aromatic rings. The van der Waals surface area contributed by atoms with E-state index in [1.807, 2.05) is 6.92 Å². The molecule has 1 aromatic carbocycles. The van der Waals surface area contributed by atoms with Crippen molar-refractivity contribution in [2.45, 2.75) is 19.9 Å². The highest BCUT2D eigenvalue weighted by atomic mass is 35.5. The molecular formula is C13H12ClN3O. The highest BCUT2D eigenvalue weighted by Gasteiger charge is 2.05. The number of nitrogens with zero attached hydrogens (tertiary/aromatic N) is 2. The Bertz CT molecular complexity index is 586. The topological polar surface area (TPSA) is 61.9 Å². The van der Waals surface area contributed by atoms with Crippen LogP contribution in [0.2, 0.25) is 5.02 Å². The zero-order chi connectivity index (χ0) is 13.0. The first-order valence-electron chi connectivity index (χ1n) is 5.60. The summed E-state index contributed by atoms with van der Waals surface area (Å²) in [6.07, 6.45) is 2.53. The van der Waals surface area contributed by atoms with E-state index in [4.69, 9.17) is 21.3 Å². The second kappa shape index (κ2) is 5.56. The number of oxazole rings is 1. The number of aromatic nitrogens is 1. The molecule has 92 valence electrons. The summed E-state index contributed by atoms with van der Waals surface area (Å²) in [5, 5.41) is 12.6. The van der Waals surface area contributed by atoms with Crippen LogP contribution in [0.3, 0.4) is 0 Å². The van der Waals surface area contributed by atoms with Gasteiger partial charge < -0.3 is 9.73 Å². The SMILES string of the molecule is CCc1cnc(CNc2ccc(Cl)cc2C#N)o1. The Kier molecular flexibility index (Phi) is 3.85. The third kappa shape index (κ3) is 2.82. The molecule has 2 rings (SSSR count). The molecule has 0 aliphatic rings.